The predicted octanol–water partition coefficient (Wildman–Crippen LogP) is 7.72. The maximum absolute atomic E-state index is 4.18. The van der Waals surface area contributed by atoms with Crippen molar-refractivity contribution in [2.75, 3.05) is 0 Å². The minimum Gasteiger partial charge on any atom is -0.100 e. The van der Waals surface area contributed by atoms with Gasteiger partial charge in [-0.05, 0) is 58.4 Å². The Kier molecular flexibility index (Phi) is 4.72. The average molecular weight is 375 g/mol. The first-order valence-corrected chi connectivity index (χ1v) is 9.98. The van der Waals surface area contributed by atoms with Gasteiger partial charge in [0.15, 0.2) is 0 Å². The molecule has 0 aliphatic heterocycles. The van der Waals surface area contributed by atoms with Gasteiger partial charge in [-0.15, -0.1) is 6.58 Å². The number of rotatable bonds is 2. The van der Waals surface area contributed by atoms with E-state index in [1.54, 1.807) is 0 Å². The average Bonchev–Trinajstić information content (AvgIpc) is 3.19. The quantitative estimate of drug-likeness (QED) is 0.403. The predicted molar refractivity (Wildman–Crippen MR) is 126 cm³/mol. The monoisotopic (exact) mass is 374 g/mol. The Morgan fingerprint density at radius 3 is 1.45 bits per heavy atom. The van der Waals surface area contributed by atoms with Gasteiger partial charge < -0.3 is 0 Å². The zero-order chi connectivity index (χ0) is 20.6. The normalized spacial score (nSPS) is 14.4. The topological polar surface area (TPSA) is 0 Å². The highest BCUT2D eigenvalue weighted by Crippen LogP contribution is 2.61. The molecule has 0 nitrogen and oxygen atoms in total. The lowest BCUT2D eigenvalue weighted by atomic mass is 9.69. The fourth-order valence-corrected chi connectivity index (χ4v) is 4.84. The lowest BCUT2D eigenvalue weighted by Crippen LogP contribution is -2.26. The number of allylic oxidation sites excluding steroid dienone is 5. The SMILES string of the molecule is C=C(C)C.C=CC1=C(C=C)C2(c3ccccc31)c1ccccc1-c1ccccc12. The van der Waals surface area contributed by atoms with Crippen molar-refractivity contribution < 1.29 is 0 Å². The van der Waals surface area contributed by atoms with Crippen LogP contribution in [0, 0.1) is 0 Å². The van der Waals surface area contributed by atoms with Crippen molar-refractivity contribution in [2.24, 2.45) is 0 Å². The van der Waals surface area contributed by atoms with Gasteiger partial charge in [-0.3, -0.25) is 0 Å². The Labute approximate surface area is 174 Å². The van der Waals surface area contributed by atoms with E-state index < -0.39 is 0 Å². The van der Waals surface area contributed by atoms with E-state index in [0.717, 1.165) is 0 Å². The largest absolute Gasteiger partial charge is 0.100 e. The summed E-state index contributed by atoms with van der Waals surface area (Å²) in [5.41, 5.74) is 11.2. The molecule has 0 fully saturated rings. The molecule has 0 N–H and O–H groups in total. The third kappa shape index (κ3) is 2.60. The van der Waals surface area contributed by atoms with Crippen molar-refractivity contribution in [3.63, 3.8) is 0 Å². The Morgan fingerprint density at radius 2 is 1.03 bits per heavy atom. The smallest absolute Gasteiger partial charge is 0.0725 e. The van der Waals surface area contributed by atoms with Crippen LogP contribution in [0.25, 0.3) is 16.7 Å². The van der Waals surface area contributed by atoms with Crippen molar-refractivity contribution in [3.8, 4) is 11.1 Å². The molecule has 0 atom stereocenters. The summed E-state index contributed by atoms with van der Waals surface area (Å²) in [7, 11) is 0. The van der Waals surface area contributed by atoms with Gasteiger partial charge in [0.2, 0.25) is 0 Å². The first-order chi connectivity index (χ1) is 14.1. The van der Waals surface area contributed by atoms with Gasteiger partial charge >= 0.3 is 0 Å². The lowest BCUT2D eigenvalue weighted by molar-refractivity contribution is 0.787. The Balaban J connectivity index is 0.000000472. The summed E-state index contributed by atoms with van der Waals surface area (Å²) in [4.78, 5) is 0. The molecule has 142 valence electrons. The van der Waals surface area contributed by atoms with Gasteiger partial charge in [0, 0.05) is 0 Å². The molecular formula is C29H26. The summed E-state index contributed by atoms with van der Waals surface area (Å²) in [6, 6.07) is 26.2. The molecule has 0 heteroatoms. The van der Waals surface area contributed by atoms with Crippen molar-refractivity contribution in [2.45, 2.75) is 19.3 Å². The third-order valence-electron chi connectivity index (χ3n) is 5.68. The van der Waals surface area contributed by atoms with E-state index >= 15 is 0 Å². The zero-order valence-corrected chi connectivity index (χ0v) is 17.2. The molecule has 0 aromatic heterocycles. The van der Waals surface area contributed by atoms with E-state index in [0.29, 0.717) is 0 Å². The van der Waals surface area contributed by atoms with Crippen LogP contribution in [0.15, 0.2) is 116 Å². The van der Waals surface area contributed by atoms with Crippen LogP contribution in [-0.2, 0) is 5.41 Å². The highest BCUT2D eigenvalue weighted by Gasteiger charge is 2.51. The second-order valence-corrected chi connectivity index (χ2v) is 7.83. The summed E-state index contributed by atoms with van der Waals surface area (Å²) in [5.74, 6) is 0. The van der Waals surface area contributed by atoms with E-state index in [2.05, 4.69) is 92.5 Å². The standard InChI is InChI=1S/C25H18.C4H8/c1-3-17-18-11-5-8-14-22(18)25(21(17)4-2)23-15-9-6-12-19(23)20-13-7-10-16-24(20)25;1-4(2)3/h3-16H,1-2H2;1H2,2-3H3. The zero-order valence-electron chi connectivity index (χ0n) is 17.2. The number of fused-ring (bicyclic) bond motifs is 7. The van der Waals surface area contributed by atoms with Gasteiger partial charge in [-0.1, -0.05) is 104 Å². The van der Waals surface area contributed by atoms with Gasteiger partial charge in [0.25, 0.3) is 0 Å². The fourth-order valence-electron chi connectivity index (χ4n) is 4.84. The van der Waals surface area contributed by atoms with Crippen molar-refractivity contribution in [1.82, 2.24) is 0 Å². The molecule has 0 heterocycles. The van der Waals surface area contributed by atoms with E-state index in [1.165, 1.54) is 50.1 Å². The molecule has 0 unspecified atom stereocenters. The van der Waals surface area contributed by atoms with Crippen LogP contribution < -0.4 is 0 Å². The maximum atomic E-state index is 4.18. The van der Waals surface area contributed by atoms with Crippen LogP contribution in [-0.4, -0.2) is 0 Å². The Hall–Kier alpha value is -3.38. The molecule has 0 saturated heterocycles. The molecule has 29 heavy (non-hydrogen) atoms. The van der Waals surface area contributed by atoms with Crippen molar-refractivity contribution in [3.05, 3.63) is 138 Å². The maximum Gasteiger partial charge on any atom is 0.0725 e. The van der Waals surface area contributed by atoms with Gasteiger partial charge in [0.05, 0.1) is 5.41 Å². The molecule has 3 aromatic rings. The summed E-state index contributed by atoms with van der Waals surface area (Å²) < 4.78 is 0. The molecule has 1 spiro atoms. The first kappa shape index (κ1) is 19.0. The Bertz CT molecular complexity index is 1120. The Morgan fingerprint density at radius 1 is 0.655 bits per heavy atom. The van der Waals surface area contributed by atoms with Crippen LogP contribution in [0.2, 0.25) is 0 Å². The second-order valence-electron chi connectivity index (χ2n) is 7.83. The molecule has 5 rings (SSSR count). The van der Waals surface area contributed by atoms with Crippen LogP contribution in [0.3, 0.4) is 0 Å². The summed E-state index contributed by atoms with van der Waals surface area (Å²) >= 11 is 0. The number of hydrogen-bond donors (Lipinski definition) is 0. The van der Waals surface area contributed by atoms with E-state index in [-0.39, 0.29) is 5.41 Å². The minimum absolute atomic E-state index is 0.283. The molecule has 0 amide bonds. The third-order valence-corrected chi connectivity index (χ3v) is 5.68. The molecule has 2 aliphatic carbocycles. The molecule has 0 radical (unpaired) electrons. The first-order valence-electron chi connectivity index (χ1n) is 9.98. The number of benzene rings is 3. The second kappa shape index (κ2) is 7.22. The van der Waals surface area contributed by atoms with E-state index in [4.69, 9.17) is 0 Å². The summed E-state index contributed by atoms with van der Waals surface area (Å²) in [5, 5.41) is 0. The number of hydrogen-bond acceptors (Lipinski definition) is 0. The van der Waals surface area contributed by atoms with Crippen molar-refractivity contribution >= 4 is 5.57 Å². The fraction of sp³-hybridized carbons (Fsp3) is 0.103. The van der Waals surface area contributed by atoms with E-state index in [1.807, 2.05) is 26.0 Å². The summed E-state index contributed by atoms with van der Waals surface area (Å²) in [6.45, 7) is 15.8. The summed E-state index contributed by atoms with van der Waals surface area (Å²) in [6.07, 6.45) is 4.00. The lowest BCUT2D eigenvalue weighted by Gasteiger charge is -2.31. The van der Waals surface area contributed by atoms with Gasteiger partial charge in [-0.2, -0.15) is 0 Å². The molecule has 0 bridgehead atoms. The van der Waals surface area contributed by atoms with Crippen LogP contribution in [0.4, 0.5) is 0 Å². The van der Waals surface area contributed by atoms with Crippen LogP contribution in [0.5, 0.6) is 0 Å². The molecule has 3 aromatic carbocycles. The highest BCUT2D eigenvalue weighted by atomic mass is 14.5. The van der Waals surface area contributed by atoms with E-state index in [9.17, 15) is 0 Å². The van der Waals surface area contributed by atoms with Crippen LogP contribution in [0.1, 0.15) is 36.1 Å². The van der Waals surface area contributed by atoms with Crippen molar-refractivity contribution in [1.29, 1.82) is 0 Å². The molecular weight excluding hydrogens is 348 g/mol. The minimum atomic E-state index is -0.283. The van der Waals surface area contributed by atoms with Gasteiger partial charge in [-0.25, -0.2) is 0 Å². The van der Waals surface area contributed by atoms with Gasteiger partial charge in [0.1, 0.15) is 0 Å². The molecule has 0 saturated carbocycles. The van der Waals surface area contributed by atoms with Crippen LogP contribution >= 0.6 is 0 Å². The highest BCUT2D eigenvalue weighted by molar-refractivity contribution is 5.97. The molecule has 2 aliphatic rings.